The van der Waals surface area contributed by atoms with Gasteiger partial charge in [0.15, 0.2) is 0 Å². The average molecular weight is 405 g/mol. The van der Waals surface area contributed by atoms with E-state index in [-0.39, 0.29) is 12.5 Å². The molecular formula is C20H25BrN2O2. The Morgan fingerprint density at radius 1 is 1.04 bits per heavy atom. The van der Waals surface area contributed by atoms with Gasteiger partial charge in [-0.3, -0.25) is 4.79 Å². The van der Waals surface area contributed by atoms with Crippen LogP contribution in [-0.2, 0) is 4.79 Å². The molecule has 0 atom stereocenters. The Kier molecular flexibility index (Phi) is 8.32. The zero-order valence-electron chi connectivity index (χ0n) is 14.6. The molecule has 1 amide bonds. The second kappa shape index (κ2) is 10.8. The van der Waals surface area contributed by atoms with Gasteiger partial charge in [0.1, 0.15) is 5.75 Å². The number of carbonyl (C=O) groups excluding carboxylic acids is 1. The number of rotatable bonds is 10. The highest BCUT2D eigenvalue weighted by atomic mass is 79.9. The fourth-order valence-electron chi connectivity index (χ4n) is 2.34. The van der Waals surface area contributed by atoms with Gasteiger partial charge < -0.3 is 15.4 Å². The second-order valence-corrected chi connectivity index (χ2v) is 6.76. The highest BCUT2D eigenvalue weighted by Crippen LogP contribution is 2.18. The Morgan fingerprint density at radius 2 is 1.84 bits per heavy atom. The summed E-state index contributed by atoms with van der Waals surface area (Å²) in [6, 6.07) is 15.2. The highest BCUT2D eigenvalue weighted by Gasteiger charge is 2.04. The molecule has 134 valence electrons. The van der Waals surface area contributed by atoms with Crippen LogP contribution in [0.4, 0.5) is 11.4 Å². The number of ether oxygens (including phenoxy) is 1. The van der Waals surface area contributed by atoms with Crippen molar-refractivity contribution < 1.29 is 9.53 Å². The first-order valence-electron chi connectivity index (χ1n) is 8.69. The first-order valence-corrected chi connectivity index (χ1v) is 9.49. The van der Waals surface area contributed by atoms with Crippen molar-refractivity contribution in [2.75, 3.05) is 23.8 Å². The molecule has 5 heteroatoms. The molecule has 0 fully saturated rings. The highest BCUT2D eigenvalue weighted by molar-refractivity contribution is 9.10. The van der Waals surface area contributed by atoms with E-state index in [0.717, 1.165) is 28.0 Å². The van der Waals surface area contributed by atoms with E-state index >= 15 is 0 Å². The van der Waals surface area contributed by atoms with Gasteiger partial charge in [-0.15, -0.1) is 0 Å². The fraction of sp³-hybridized carbons (Fsp3) is 0.350. The predicted octanol–water partition coefficient (Wildman–Crippen LogP) is 5.46. The lowest BCUT2D eigenvalue weighted by atomic mass is 10.2. The lowest BCUT2D eigenvalue weighted by Gasteiger charge is -2.10. The molecule has 0 aliphatic rings. The third-order valence-electron chi connectivity index (χ3n) is 3.68. The number of unbranched alkanes of at least 4 members (excludes halogenated alkanes) is 3. The number of hydrogen-bond donors (Lipinski definition) is 2. The van der Waals surface area contributed by atoms with Crippen LogP contribution in [0.1, 0.15) is 32.6 Å². The van der Waals surface area contributed by atoms with E-state index in [1.165, 1.54) is 19.3 Å². The van der Waals surface area contributed by atoms with Gasteiger partial charge in [0.2, 0.25) is 5.91 Å². The number of benzene rings is 2. The minimum absolute atomic E-state index is 0.0944. The zero-order chi connectivity index (χ0) is 17.9. The van der Waals surface area contributed by atoms with Crippen molar-refractivity contribution in [2.45, 2.75) is 32.6 Å². The van der Waals surface area contributed by atoms with Gasteiger partial charge in [0.25, 0.3) is 0 Å². The zero-order valence-corrected chi connectivity index (χ0v) is 16.1. The van der Waals surface area contributed by atoms with Gasteiger partial charge in [-0.2, -0.15) is 0 Å². The van der Waals surface area contributed by atoms with Crippen LogP contribution in [0.5, 0.6) is 5.75 Å². The van der Waals surface area contributed by atoms with Gasteiger partial charge in [-0.1, -0.05) is 48.2 Å². The summed E-state index contributed by atoms with van der Waals surface area (Å²) in [6.07, 6.45) is 4.71. The summed E-state index contributed by atoms with van der Waals surface area (Å²) in [5, 5.41) is 5.98. The summed E-state index contributed by atoms with van der Waals surface area (Å²) in [6.45, 7) is 3.12. The average Bonchev–Trinajstić information content (AvgIpc) is 2.61. The van der Waals surface area contributed by atoms with Crippen molar-refractivity contribution in [3.8, 4) is 5.75 Å². The van der Waals surface area contributed by atoms with E-state index in [0.29, 0.717) is 6.61 Å². The molecule has 0 aliphatic heterocycles. The quantitative estimate of drug-likeness (QED) is 0.516. The molecular weight excluding hydrogens is 380 g/mol. The van der Waals surface area contributed by atoms with Gasteiger partial charge in [-0.25, -0.2) is 0 Å². The SMILES string of the molecule is CCCCCCOc1cccc(NC(=O)CNc2ccc(Br)cc2)c1. The van der Waals surface area contributed by atoms with Gasteiger partial charge in [0.05, 0.1) is 13.2 Å². The van der Waals surface area contributed by atoms with E-state index in [1.807, 2.05) is 48.5 Å². The first-order chi connectivity index (χ1) is 12.2. The van der Waals surface area contributed by atoms with Crippen LogP contribution < -0.4 is 15.4 Å². The Morgan fingerprint density at radius 3 is 2.60 bits per heavy atom. The van der Waals surface area contributed by atoms with Gasteiger partial charge >= 0.3 is 0 Å². The second-order valence-electron chi connectivity index (χ2n) is 5.85. The minimum atomic E-state index is -0.0944. The monoisotopic (exact) mass is 404 g/mol. The van der Waals surface area contributed by atoms with E-state index in [9.17, 15) is 4.79 Å². The van der Waals surface area contributed by atoms with E-state index in [1.54, 1.807) is 0 Å². The van der Waals surface area contributed by atoms with Crippen molar-refractivity contribution in [2.24, 2.45) is 0 Å². The molecule has 0 saturated carbocycles. The molecule has 0 spiro atoms. The van der Waals surface area contributed by atoms with E-state index < -0.39 is 0 Å². The number of nitrogens with one attached hydrogen (secondary N) is 2. The first kappa shape index (κ1) is 19.3. The van der Waals surface area contributed by atoms with E-state index in [4.69, 9.17) is 4.74 Å². The van der Waals surface area contributed by atoms with Crippen LogP contribution in [0.25, 0.3) is 0 Å². The normalized spacial score (nSPS) is 10.3. The summed E-state index contributed by atoms with van der Waals surface area (Å²) in [7, 11) is 0. The van der Waals surface area contributed by atoms with Crippen molar-refractivity contribution >= 4 is 33.2 Å². The summed E-state index contributed by atoms with van der Waals surface area (Å²) < 4.78 is 6.75. The largest absolute Gasteiger partial charge is 0.494 e. The predicted molar refractivity (Wildman–Crippen MR) is 107 cm³/mol. The summed E-state index contributed by atoms with van der Waals surface area (Å²) in [5.41, 5.74) is 1.65. The number of hydrogen-bond acceptors (Lipinski definition) is 3. The molecule has 0 aliphatic carbocycles. The molecule has 2 aromatic carbocycles. The molecule has 0 radical (unpaired) electrons. The summed E-state index contributed by atoms with van der Waals surface area (Å²) in [5.74, 6) is 0.693. The molecule has 25 heavy (non-hydrogen) atoms. The lowest BCUT2D eigenvalue weighted by Crippen LogP contribution is -2.21. The van der Waals surface area contributed by atoms with Crippen LogP contribution in [0.15, 0.2) is 53.0 Å². The number of amides is 1. The fourth-order valence-corrected chi connectivity index (χ4v) is 2.60. The maximum atomic E-state index is 12.1. The van der Waals surface area contributed by atoms with Crippen LogP contribution in [0.3, 0.4) is 0 Å². The molecule has 2 rings (SSSR count). The molecule has 2 aromatic rings. The van der Waals surface area contributed by atoms with Crippen LogP contribution in [-0.4, -0.2) is 19.1 Å². The third-order valence-corrected chi connectivity index (χ3v) is 4.21. The Labute approximate surface area is 158 Å². The standard InChI is InChI=1S/C20H25BrN2O2/c1-2-3-4-5-13-25-19-8-6-7-18(14-19)23-20(24)15-22-17-11-9-16(21)10-12-17/h6-12,14,22H,2-5,13,15H2,1H3,(H,23,24). The van der Waals surface area contributed by atoms with E-state index in [2.05, 4.69) is 33.5 Å². The van der Waals surface area contributed by atoms with Gasteiger partial charge in [0, 0.05) is 21.9 Å². The topological polar surface area (TPSA) is 50.4 Å². The number of carbonyl (C=O) groups is 1. The van der Waals surface area contributed by atoms with Crippen LogP contribution in [0.2, 0.25) is 0 Å². The summed E-state index contributed by atoms with van der Waals surface area (Å²) in [4.78, 5) is 12.1. The molecule has 0 aromatic heterocycles. The third kappa shape index (κ3) is 7.61. The van der Waals surface area contributed by atoms with Crippen LogP contribution in [0, 0.1) is 0 Å². The molecule has 0 saturated heterocycles. The molecule has 0 unspecified atom stereocenters. The minimum Gasteiger partial charge on any atom is -0.494 e. The molecule has 0 heterocycles. The van der Waals surface area contributed by atoms with Crippen molar-refractivity contribution in [1.82, 2.24) is 0 Å². The maximum absolute atomic E-state index is 12.1. The molecule has 0 bridgehead atoms. The number of anilines is 2. The van der Waals surface area contributed by atoms with Crippen molar-refractivity contribution in [3.05, 3.63) is 53.0 Å². The molecule has 4 nitrogen and oxygen atoms in total. The van der Waals surface area contributed by atoms with Gasteiger partial charge in [-0.05, 0) is 42.8 Å². The van der Waals surface area contributed by atoms with Crippen LogP contribution >= 0.6 is 15.9 Å². The van der Waals surface area contributed by atoms with Crippen molar-refractivity contribution in [3.63, 3.8) is 0 Å². The van der Waals surface area contributed by atoms with Crippen molar-refractivity contribution in [1.29, 1.82) is 0 Å². The summed E-state index contributed by atoms with van der Waals surface area (Å²) >= 11 is 3.39. The molecule has 2 N–H and O–H groups in total. The number of halogens is 1. The maximum Gasteiger partial charge on any atom is 0.243 e. The smallest absolute Gasteiger partial charge is 0.243 e. The Hall–Kier alpha value is -2.01. The Balaban J connectivity index is 1.76. The lowest BCUT2D eigenvalue weighted by molar-refractivity contribution is -0.114. The Bertz CT molecular complexity index is 659.